The quantitative estimate of drug-likeness (QED) is 0.883. The predicted octanol–water partition coefficient (Wildman–Crippen LogP) is 3.93. The van der Waals surface area contributed by atoms with Gasteiger partial charge in [-0.25, -0.2) is 9.97 Å². The molecule has 0 radical (unpaired) electrons. The first-order valence-corrected chi connectivity index (χ1v) is 7.06. The standard InChI is InChI=1S/C16H21N3/c1-11-15(19-14-9-6-10-16(14,2)3)18-13-8-5-4-7-12(13)17-11/h4-5,7-8,14H,6,9-10H2,1-3H3,(H,18,19). The minimum atomic E-state index is 0.347. The van der Waals surface area contributed by atoms with Crippen molar-refractivity contribution in [2.75, 3.05) is 5.32 Å². The van der Waals surface area contributed by atoms with Crippen molar-refractivity contribution in [2.45, 2.75) is 46.1 Å². The van der Waals surface area contributed by atoms with Gasteiger partial charge in [0.25, 0.3) is 0 Å². The van der Waals surface area contributed by atoms with E-state index in [4.69, 9.17) is 4.98 Å². The Morgan fingerprint density at radius 3 is 2.47 bits per heavy atom. The molecule has 3 rings (SSSR count). The third kappa shape index (κ3) is 2.29. The predicted molar refractivity (Wildman–Crippen MR) is 79.3 cm³/mol. The molecule has 1 saturated carbocycles. The molecule has 2 aromatic rings. The molecule has 0 spiro atoms. The molecule has 19 heavy (non-hydrogen) atoms. The van der Waals surface area contributed by atoms with E-state index in [0.29, 0.717) is 11.5 Å². The highest BCUT2D eigenvalue weighted by Crippen LogP contribution is 2.39. The smallest absolute Gasteiger partial charge is 0.148 e. The first kappa shape index (κ1) is 12.4. The summed E-state index contributed by atoms with van der Waals surface area (Å²) in [6.45, 7) is 6.70. The van der Waals surface area contributed by atoms with E-state index in [-0.39, 0.29) is 0 Å². The second-order valence-electron chi connectivity index (χ2n) is 6.22. The summed E-state index contributed by atoms with van der Waals surface area (Å²) in [5, 5.41) is 3.62. The topological polar surface area (TPSA) is 37.8 Å². The van der Waals surface area contributed by atoms with E-state index in [1.165, 1.54) is 19.3 Å². The molecule has 100 valence electrons. The summed E-state index contributed by atoms with van der Waals surface area (Å²) in [4.78, 5) is 9.37. The fraction of sp³-hybridized carbons (Fsp3) is 0.500. The Balaban J connectivity index is 1.94. The van der Waals surface area contributed by atoms with Gasteiger partial charge in [-0.3, -0.25) is 0 Å². The van der Waals surface area contributed by atoms with Crippen LogP contribution in [-0.2, 0) is 0 Å². The lowest BCUT2D eigenvalue weighted by Crippen LogP contribution is -2.31. The first-order chi connectivity index (χ1) is 9.06. The van der Waals surface area contributed by atoms with E-state index in [9.17, 15) is 0 Å². The molecule has 0 amide bonds. The number of aromatic nitrogens is 2. The van der Waals surface area contributed by atoms with Crippen LogP contribution >= 0.6 is 0 Å². The van der Waals surface area contributed by atoms with Crippen molar-refractivity contribution >= 4 is 16.9 Å². The Hall–Kier alpha value is -1.64. The number of benzene rings is 1. The lowest BCUT2D eigenvalue weighted by molar-refractivity contribution is 0.349. The zero-order valence-corrected chi connectivity index (χ0v) is 11.9. The SMILES string of the molecule is Cc1nc2ccccc2nc1NC1CCCC1(C)C. The van der Waals surface area contributed by atoms with Crippen LogP contribution in [0.5, 0.6) is 0 Å². The minimum Gasteiger partial charge on any atom is -0.365 e. The van der Waals surface area contributed by atoms with Gasteiger partial charge in [0.1, 0.15) is 5.82 Å². The Morgan fingerprint density at radius 2 is 1.84 bits per heavy atom. The lowest BCUT2D eigenvalue weighted by Gasteiger charge is -2.28. The van der Waals surface area contributed by atoms with Crippen molar-refractivity contribution in [1.82, 2.24) is 9.97 Å². The maximum atomic E-state index is 4.73. The van der Waals surface area contributed by atoms with Gasteiger partial charge in [0.15, 0.2) is 0 Å². The Bertz CT molecular complexity index is 604. The van der Waals surface area contributed by atoms with Crippen molar-refractivity contribution in [2.24, 2.45) is 5.41 Å². The van der Waals surface area contributed by atoms with Crippen molar-refractivity contribution in [3.8, 4) is 0 Å². The Morgan fingerprint density at radius 1 is 1.16 bits per heavy atom. The van der Waals surface area contributed by atoms with Crippen LogP contribution in [0.15, 0.2) is 24.3 Å². The molecule has 0 aliphatic heterocycles. The number of rotatable bonds is 2. The zero-order valence-electron chi connectivity index (χ0n) is 11.9. The van der Waals surface area contributed by atoms with Gasteiger partial charge >= 0.3 is 0 Å². The molecule has 1 aliphatic carbocycles. The summed E-state index contributed by atoms with van der Waals surface area (Å²) in [7, 11) is 0. The van der Waals surface area contributed by atoms with Gasteiger partial charge in [0, 0.05) is 6.04 Å². The van der Waals surface area contributed by atoms with Crippen molar-refractivity contribution in [3.63, 3.8) is 0 Å². The van der Waals surface area contributed by atoms with Crippen molar-refractivity contribution < 1.29 is 0 Å². The van der Waals surface area contributed by atoms with E-state index in [1.807, 2.05) is 31.2 Å². The first-order valence-electron chi connectivity index (χ1n) is 7.06. The minimum absolute atomic E-state index is 0.347. The number of fused-ring (bicyclic) bond motifs is 1. The molecule has 1 N–H and O–H groups in total. The number of nitrogens with zero attached hydrogens (tertiary/aromatic N) is 2. The summed E-state index contributed by atoms with van der Waals surface area (Å²) in [5.74, 6) is 0.943. The van der Waals surface area contributed by atoms with E-state index < -0.39 is 0 Å². The second kappa shape index (κ2) is 4.48. The zero-order chi connectivity index (χ0) is 13.5. The molecule has 1 aromatic heterocycles. The van der Waals surface area contributed by atoms with Crippen LogP contribution < -0.4 is 5.32 Å². The molecule has 3 nitrogen and oxygen atoms in total. The van der Waals surface area contributed by atoms with Crippen LogP contribution in [0.2, 0.25) is 0 Å². The molecule has 3 heteroatoms. The number of anilines is 1. The molecule has 1 aromatic carbocycles. The van der Waals surface area contributed by atoms with E-state index in [2.05, 4.69) is 24.1 Å². The van der Waals surface area contributed by atoms with Crippen LogP contribution in [-0.4, -0.2) is 16.0 Å². The molecule has 0 saturated heterocycles. The van der Waals surface area contributed by atoms with Gasteiger partial charge in [0.05, 0.1) is 16.7 Å². The number of hydrogen-bond donors (Lipinski definition) is 1. The van der Waals surface area contributed by atoms with Crippen molar-refractivity contribution in [1.29, 1.82) is 0 Å². The largest absolute Gasteiger partial charge is 0.365 e. The molecule has 1 heterocycles. The van der Waals surface area contributed by atoms with E-state index in [0.717, 1.165) is 22.5 Å². The van der Waals surface area contributed by atoms with Gasteiger partial charge in [-0.1, -0.05) is 32.4 Å². The maximum absolute atomic E-state index is 4.73. The molecule has 1 aliphatic rings. The van der Waals surface area contributed by atoms with Gasteiger partial charge in [-0.05, 0) is 37.3 Å². The van der Waals surface area contributed by atoms with Crippen LogP contribution in [0.4, 0.5) is 5.82 Å². The Labute approximate surface area is 114 Å². The highest BCUT2D eigenvalue weighted by Gasteiger charge is 2.34. The summed E-state index contributed by atoms with van der Waals surface area (Å²) >= 11 is 0. The summed E-state index contributed by atoms with van der Waals surface area (Å²) in [6.07, 6.45) is 3.80. The molecular weight excluding hydrogens is 234 g/mol. The van der Waals surface area contributed by atoms with Crippen LogP contribution in [0.3, 0.4) is 0 Å². The Kier molecular flexibility index (Phi) is 2.92. The number of para-hydroxylation sites is 2. The summed E-state index contributed by atoms with van der Waals surface area (Å²) < 4.78 is 0. The second-order valence-corrected chi connectivity index (χ2v) is 6.22. The van der Waals surface area contributed by atoms with Gasteiger partial charge < -0.3 is 5.32 Å². The normalized spacial score (nSPS) is 21.7. The molecule has 1 unspecified atom stereocenters. The van der Waals surface area contributed by atoms with Crippen LogP contribution in [0.1, 0.15) is 38.8 Å². The third-order valence-corrected chi connectivity index (χ3v) is 4.31. The van der Waals surface area contributed by atoms with Crippen LogP contribution in [0.25, 0.3) is 11.0 Å². The van der Waals surface area contributed by atoms with Gasteiger partial charge in [-0.15, -0.1) is 0 Å². The summed E-state index contributed by atoms with van der Waals surface area (Å²) in [6, 6.07) is 8.55. The van der Waals surface area contributed by atoms with E-state index >= 15 is 0 Å². The molecule has 0 bridgehead atoms. The fourth-order valence-electron chi connectivity index (χ4n) is 2.98. The average molecular weight is 255 g/mol. The number of nitrogens with one attached hydrogen (secondary N) is 1. The van der Waals surface area contributed by atoms with Crippen molar-refractivity contribution in [3.05, 3.63) is 30.0 Å². The fourth-order valence-corrected chi connectivity index (χ4v) is 2.98. The summed E-state index contributed by atoms with van der Waals surface area (Å²) in [5.41, 5.74) is 3.27. The maximum Gasteiger partial charge on any atom is 0.148 e. The highest BCUT2D eigenvalue weighted by molar-refractivity contribution is 5.76. The van der Waals surface area contributed by atoms with Gasteiger partial charge in [-0.2, -0.15) is 0 Å². The monoisotopic (exact) mass is 255 g/mol. The van der Waals surface area contributed by atoms with Gasteiger partial charge in [0.2, 0.25) is 0 Å². The highest BCUT2D eigenvalue weighted by atomic mass is 15.1. The third-order valence-electron chi connectivity index (χ3n) is 4.31. The van der Waals surface area contributed by atoms with E-state index in [1.54, 1.807) is 0 Å². The average Bonchev–Trinajstić information content (AvgIpc) is 2.70. The lowest BCUT2D eigenvalue weighted by atomic mass is 9.87. The number of aryl methyl sites for hydroxylation is 1. The molecular formula is C16H21N3. The number of hydrogen-bond acceptors (Lipinski definition) is 3. The van der Waals surface area contributed by atoms with Crippen LogP contribution in [0, 0.1) is 12.3 Å². The molecule has 1 fully saturated rings. The molecule has 1 atom stereocenters.